The van der Waals surface area contributed by atoms with Gasteiger partial charge in [-0.2, -0.15) is 17.6 Å². The molecule has 1 rings (SSSR count). The van der Waals surface area contributed by atoms with E-state index in [1.165, 1.54) is 5.32 Å². The van der Waals surface area contributed by atoms with Gasteiger partial charge in [0.1, 0.15) is 11.4 Å². The molecule has 1 aromatic rings. The minimum Gasteiger partial charge on any atom is -0.382 e. The number of aliphatic hydroxyl groups excluding tert-OH is 1. The molecule has 0 aromatic heterocycles. The lowest BCUT2D eigenvalue weighted by atomic mass is 10.1. The molecule has 0 aliphatic carbocycles. The molecular weight excluding hydrogens is 307 g/mol. The maximum absolute atomic E-state index is 13.6. The molecule has 0 heterocycles. The van der Waals surface area contributed by atoms with E-state index in [2.05, 4.69) is 0 Å². The van der Waals surface area contributed by atoms with Crippen LogP contribution in [0.25, 0.3) is 0 Å². The van der Waals surface area contributed by atoms with Gasteiger partial charge in [0, 0.05) is 6.07 Å². The van der Waals surface area contributed by atoms with E-state index in [0.717, 1.165) is 0 Å². The fourth-order valence-corrected chi connectivity index (χ4v) is 1.28. The zero-order valence-electron chi connectivity index (χ0n) is 9.95. The van der Waals surface area contributed by atoms with Crippen molar-refractivity contribution in [1.29, 1.82) is 0 Å². The minimum absolute atomic E-state index is 0.427. The van der Waals surface area contributed by atoms with Crippen molar-refractivity contribution in [2.45, 2.75) is 12.3 Å². The second-order valence-electron chi connectivity index (χ2n) is 3.78. The van der Waals surface area contributed by atoms with Crippen molar-refractivity contribution >= 4 is 11.6 Å². The predicted octanol–water partition coefficient (Wildman–Crippen LogP) is 1.53. The average molecular weight is 314 g/mol. The fraction of sp³-hybridized carbons (Fsp3) is 0.300. The average Bonchev–Trinajstić information content (AvgIpc) is 2.34. The molecule has 6 nitrogen and oxygen atoms in total. The fourth-order valence-electron chi connectivity index (χ4n) is 1.28. The summed E-state index contributed by atoms with van der Waals surface area (Å²) in [5.41, 5.74) is -2.61. The molecule has 1 atom stereocenters. The molecule has 0 saturated heterocycles. The topological polar surface area (TPSA) is 92.5 Å². The molecule has 0 fully saturated rings. The van der Waals surface area contributed by atoms with Crippen molar-refractivity contribution in [1.82, 2.24) is 5.32 Å². The summed E-state index contributed by atoms with van der Waals surface area (Å²) >= 11 is 0. The number of carbonyl (C=O) groups excluding carboxylic acids is 1. The van der Waals surface area contributed by atoms with Gasteiger partial charge in [-0.1, -0.05) is 0 Å². The van der Waals surface area contributed by atoms with Gasteiger partial charge in [-0.05, 0) is 6.07 Å². The summed E-state index contributed by atoms with van der Waals surface area (Å²) in [6.07, 6.45) is -7.97. The Bertz CT molecular complexity index is 575. The molecule has 0 aliphatic heterocycles. The Labute approximate surface area is 113 Å². The number of nitro groups is 1. The number of benzene rings is 1. The second-order valence-corrected chi connectivity index (χ2v) is 3.78. The summed E-state index contributed by atoms with van der Waals surface area (Å²) < 4.78 is 62.8. The first-order valence-electron chi connectivity index (χ1n) is 5.21. The first-order valence-corrected chi connectivity index (χ1v) is 5.21. The lowest BCUT2D eigenvalue weighted by Crippen LogP contribution is -2.41. The van der Waals surface area contributed by atoms with Crippen molar-refractivity contribution in [2.75, 3.05) is 6.54 Å². The maximum atomic E-state index is 13.6. The van der Waals surface area contributed by atoms with Crippen molar-refractivity contribution in [2.24, 2.45) is 0 Å². The van der Waals surface area contributed by atoms with Crippen LogP contribution in [0.1, 0.15) is 10.4 Å². The monoisotopic (exact) mass is 314 g/mol. The quantitative estimate of drug-likeness (QED) is 0.501. The van der Waals surface area contributed by atoms with Crippen molar-refractivity contribution in [3.63, 3.8) is 0 Å². The van der Waals surface area contributed by atoms with Crippen LogP contribution in [0, 0.1) is 21.7 Å². The molecule has 11 heteroatoms. The maximum Gasteiger partial charge on any atom is 0.416 e. The molecule has 116 valence electrons. The van der Waals surface area contributed by atoms with Gasteiger partial charge in [0.2, 0.25) is 5.82 Å². The van der Waals surface area contributed by atoms with Crippen LogP contribution in [-0.2, 0) is 0 Å². The molecular formula is C10H7F5N2O4. The normalized spacial score (nSPS) is 12.9. The largest absolute Gasteiger partial charge is 0.416 e. The van der Waals surface area contributed by atoms with Crippen LogP contribution in [-0.4, -0.2) is 34.8 Å². The second kappa shape index (κ2) is 5.99. The third-order valence-electron chi connectivity index (χ3n) is 2.33. The van der Waals surface area contributed by atoms with E-state index in [1.54, 1.807) is 0 Å². The Morgan fingerprint density at radius 3 is 2.43 bits per heavy atom. The Kier molecular flexibility index (Phi) is 4.78. The van der Waals surface area contributed by atoms with Crippen molar-refractivity contribution in [3.8, 4) is 0 Å². The predicted molar refractivity (Wildman–Crippen MR) is 57.4 cm³/mol. The van der Waals surface area contributed by atoms with Gasteiger partial charge in [-0.25, -0.2) is 4.39 Å². The summed E-state index contributed by atoms with van der Waals surface area (Å²) in [6.45, 7) is -1.36. The summed E-state index contributed by atoms with van der Waals surface area (Å²) in [6, 6.07) is 0.891. The summed E-state index contributed by atoms with van der Waals surface area (Å²) in [7, 11) is 0. The summed E-state index contributed by atoms with van der Waals surface area (Å²) in [5.74, 6) is -4.96. The lowest BCUT2D eigenvalue weighted by Gasteiger charge is -2.15. The summed E-state index contributed by atoms with van der Waals surface area (Å²) in [4.78, 5) is 20.6. The van der Waals surface area contributed by atoms with Gasteiger partial charge in [0.25, 0.3) is 5.91 Å². The number of hydrogen-bond donors (Lipinski definition) is 2. The van der Waals surface area contributed by atoms with Gasteiger partial charge >= 0.3 is 11.9 Å². The van der Waals surface area contributed by atoms with Gasteiger partial charge in [-0.3, -0.25) is 14.9 Å². The lowest BCUT2D eigenvalue weighted by molar-refractivity contribution is -0.387. The molecule has 1 unspecified atom stereocenters. The standard InChI is InChI=1S/C10H7F5N2O4/c11-4-1-2-5(17(20)21)8(12)7(4)9(19)16-3-6(18)10(13,14)15/h1-2,6,18H,3H2,(H,16,19). The Hall–Kier alpha value is -2.30. The van der Waals surface area contributed by atoms with Gasteiger partial charge in [0.15, 0.2) is 6.10 Å². The number of aliphatic hydroxyl groups is 1. The highest BCUT2D eigenvalue weighted by Gasteiger charge is 2.38. The molecule has 0 radical (unpaired) electrons. The van der Waals surface area contributed by atoms with Crippen LogP contribution in [0.15, 0.2) is 12.1 Å². The van der Waals surface area contributed by atoms with Crippen LogP contribution < -0.4 is 5.32 Å². The number of nitro benzene ring substituents is 1. The number of halogens is 5. The van der Waals surface area contributed by atoms with E-state index in [1.807, 2.05) is 0 Å². The molecule has 1 amide bonds. The number of nitrogens with zero attached hydrogens (tertiary/aromatic N) is 1. The molecule has 0 bridgehead atoms. The van der Waals surface area contributed by atoms with Crippen LogP contribution in [0.4, 0.5) is 27.6 Å². The van der Waals surface area contributed by atoms with E-state index in [0.29, 0.717) is 12.1 Å². The van der Waals surface area contributed by atoms with Crippen LogP contribution in [0.2, 0.25) is 0 Å². The smallest absolute Gasteiger partial charge is 0.382 e. The molecule has 21 heavy (non-hydrogen) atoms. The third kappa shape index (κ3) is 3.84. The van der Waals surface area contributed by atoms with Crippen LogP contribution in [0.5, 0.6) is 0 Å². The van der Waals surface area contributed by atoms with Crippen LogP contribution in [0.3, 0.4) is 0 Å². The highest BCUT2D eigenvalue weighted by Crippen LogP contribution is 2.23. The number of carbonyl (C=O) groups is 1. The van der Waals surface area contributed by atoms with Crippen molar-refractivity contribution < 1.29 is 36.8 Å². The minimum atomic E-state index is -5.03. The van der Waals surface area contributed by atoms with E-state index >= 15 is 0 Å². The molecule has 0 saturated carbocycles. The first kappa shape index (κ1) is 16.8. The van der Waals surface area contributed by atoms with Crippen molar-refractivity contribution in [3.05, 3.63) is 39.4 Å². The molecule has 0 spiro atoms. The highest BCUT2D eigenvalue weighted by molar-refractivity contribution is 5.95. The van der Waals surface area contributed by atoms with E-state index in [9.17, 15) is 36.9 Å². The number of alkyl halides is 3. The third-order valence-corrected chi connectivity index (χ3v) is 2.33. The number of rotatable bonds is 4. The zero-order valence-corrected chi connectivity index (χ0v) is 9.95. The van der Waals surface area contributed by atoms with E-state index in [-0.39, 0.29) is 0 Å². The Balaban J connectivity index is 2.98. The van der Waals surface area contributed by atoms with E-state index in [4.69, 9.17) is 5.11 Å². The van der Waals surface area contributed by atoms with Gasteiger partial charge in [-0.15, -0.1) is 0 Å². The molecule has 0 aliphatic rings. The Morgan fingerprint density at radius 1 is 1.38 bits per heavy atom. The highest BCUT2D eigenvalue weighted by atomic mass is 19.4. The Morgan fingerprint density at radius 2 is 1.95 bits per heavy atom. The molecule has 1 aromatic carbocycles. The van der Waals surface area contributed by atoms with E-state index < -0.39 is 52.5 Å². The van der Waals surface area contributed by atoms with Gasteiger partial charge < -0.3 is 10.4 Å². The SMILES string of the molecule is O=C(NCC(O)C(F)(F)F)c1c(F)ccc([N+](=O)[O-])c1F. The molecule has 2 N–H and O–H groups in total. The van der Waals surface area contributed by atoms with Crippen LogP contribution >= 0.6 is 0 Å². The number of amides is 1. The number of hydrogen-bond acceptors (Lipinski definition) is 4. The zero-order chi connectivity index (χ0) is 16.4. The first-order chi connectivity index (χ1) is 9.55. The van der Waals surface area contributed by atoms with Gasteiger partial charge in [0.05, 0.1) is 11.5 Å². The summed E-state index contributed by atoms with van der Waals surface area (Å²) in [5, 5.41) is 20.5. The number of nitrogens with one attached hydrogen (secondary N) is 1.